The topological polar surface area (TPSA) is 60.9 Å². The molecule has 2 heterocycles. The van der Waals surface area contributed by atoms with Gasteiger partial charge in [0.2, 0.25) is 15.9 Å². The summed E-state index contributed by atoms with van der Waals surface area (Å²) in [5, 5.41) is 0.719. The van der Waals surface area contributed by atoms with Crippen LogP contribution in [-0.4, -0.2) is 62.8 Å². The minimum atomic E-state index is -3.57. The van der Waals surface area contributed by atoms with Crippen LogP contribution in [0.25, 0.3) is 0 Å². The monoisotopic (exact) mass is 503 g/mol. The lowest BCUT2D eigenvalue weighted by molar-refractivity contribution is -0.137. The molecule has 0 aliphatic carbocycles. The minimum Gasteiger partial charge on any atom is -0.368 e. The maximum atomic E-state index is 13.4. The Morgan fingerprint density at radius 2 is 1.44 bits per heavy atom. The maximum Gasteiger partial charge on any atom is 0.243 e. The molecule has 2 saturated heterocycles. The molecule has 4 rings (SSSR count). The first-order valence-electron chi connectivity index (χ1n) is 12.0. The molecule has 0 saturated carbocycles. The van der Waals surface area contributed by atoms with Crippen molar-refractivity contribution in [1.29, 1.82) is 0 Å². The smallest absolute Gasteiger partial charge is 0.243 e. The lowest BCUT2D eigenvalue weighted by Crippen LogP contribution is -2.52. The molecular formula is C26H34ClN3O3S. The predicted octanol–water partition coefficient (Wildman–Crippen LogP) is 4.32. The van der Waals surface area contributed by atoms with E-state index in [0.29, 0.717) is 43.9 Å². The first kappa shape index (κ1) is 25.0. The molecule has 0 unspecified atom stereocenters. The zero-order chi connectivity index (χ0) is 24.6. The summed E-state index contributed by atoms with van der Waals surface area (Å²) in [4.78, 5) is 17.8. The fourth-order valence-corrected chi connectivity index (χ4v) is 7.44. The number of carbonyl (C=O) groups is 1. The van der Waals surface area contributed by atoms with Gasteiger partial charge in [-0.2, -0.15) is 4.31 Å². The standard InChI is InChI=1S/C26H34ClN3O3S/c1-18-15-20(3)25(21(4)16-18)34(32,33)30-9-7-22(8-10-30)26(31)29-13-11-28(12-14-29)24-17-23(27)6-5-19(24)2/h5-6,15-17,22H,7-14H2,1-4H3. The second-order valence-electron chi connectivity index (χ2n) is 9.65. The zero-order valence-corrected chi connectivity index (χ0v) is 22.0. The van der Waals surface area contributed by atoms with Crippen LogP contribution < -0.4 is 4.90 Å². The van der Waals surface area contributed by atoms with Crippen molar-refractivity contribution in [3.63, 3.8) is 0 Å². The number of aryl methyl sites for hydroxylation is 4. The first-order valence-corrected chi connectivity index (χ1v) is 13.8. The van der Waals surface area contributed by atoms with Gasteiger partial charge in [-0.05, 0) is 69.4 Å². The van der Waals surface area contributed by atoms with Crippen molar-refractivity contribution in [3.05, 3.63) is 57.6 Å². The van der Waals surface area contributed by atoms with E-state index in [4.69, 9.17) is 11.6 Å². The number of carbonyl (C=O) groups excluding carboxylic acids is 1. The molecule has 0 bridgehead atoms. The summed E-state index contributed by atoms with van der Waals surface area (Å²) in [6.45, 7) is 11.4. The van der Waals surface area contributed by atoms with Crippen LogP contribution in [0.4, 0.5) is 5.69 Å². The highest BCUT2D eigenvalue weighted by Crippen LogP contribution is 2.30. The summed E-state index contributed by atoms with van der Waals surface area (Å²) in [5.74, 6) is 0.0355. The van der Waals surface area contributed by atoms with E-state index in [1.54, 1.807) is 4.31 Å². The van der Waals surface area contributed by atoms with Crippen molar-refractivity contribution < 1.29 is 13.2 Å². The highest BCUT2D eigenvalue weighted by molar-refractivity contribution is 7.89. The quantitative estimate of drug-likeness (QED) is 0.623. The van der Waals surface area contributed by atoms with Crippen LogP contribution in [-0.2, 0) is 14.8 Å². The van der Waals surface area contributed by atoms with Crippen molar-refractivity contribution in [2.24, 2.45) is 5.92 Å². The molecule has 2 aliphatic heterocycles. The summed E-state index contributed by atoms with van der Waals surface area (Å²) in [6, 6.07) is 9.74. The number of amides is 1. The Hall–Kier alpha value is -2.09. The molecule has 2 aliphatic rings. The number of hydrogen-bond donors (Lipinski definition) is 0. The van der Waals surface area contributed by atoms with Gasteiger partial charge >= 0.3 is 0 Å². The third-order valence-corrected chi connectivity index (χ3v) is 9.55. The predicted molar refractivity (Wildman–Crippen MR) is 137 cm³/mol. The molecule has 2 fully saturated rings. The van der Waals surface area contributed by atoms with Gasteiger partial charge in [-0.1, -0.05) is 35.4 Å². The van der Waals surface area contributed by atoms with Crippen molar-refractivity contribution in [1.82, 2.24) is 9.21 Å². The van der Waals surface area contributed by atoms with Gasteiger partial charge < -0.3 is 9.80 Å². The van der Waals surface area contributed by atoms with E-state index in [1.165, 1.54) is 5.56 Å². The summed E-state index contributed by atoms with van der Waals surface area (Å²) in [6.07, 6.45) is 1.13. The zero-order valence-electron chi connectivity index (χ0n) is 20.5. The van der Waals surface area contributed by atoms with E-state index in [2.05, 4.69) is 11.8 Å². The molecule has 0 spiro atoms. The lowest BCUT2D eigenvalue weighted by atomic mass is 9.96. The van der Waals surface area contributed by atoms with Gasteiger partial charge in [0.1, 0.15) is 0 Å². The Morgan fingerprint density at radius 1 is 0.853 bits per heavy atom. The van der Waals surface area contributed by atoms with Crippen LogP contribution in [0.1, 0.15) is 35.1 Å². The van der Waals surface area contributed by atoms with Crippen LogP contribution in [0.5, 0.6) is 0 Å². The second-order valence-corrected chi connectivity index (χ2v) is 12.0. The Bertz CT molecular complexity index is 1160. The average molecular weight is 504 g/mol. The molecular weight excluding hydrogens is 470 g/mol. The van der Waals surface area contributed by atoms with Crippen molar-refractivity contribution in [3.8, 4) is 0 Å². The fourth-order valence-electron chi connectivity index (χ4n) is 5.40. The molecule has 0 radical (unpaired) electrons. The van der Waals surface area contributed by atoms with Crippen molar-refractivity contribution in [2.45, 2.75) is 45.4 Å². The number of sulfonamides is 1. The van der Waals surface area contributed by atoms with E-state index in [-0.39, 0.29) is 11.8 Å². The average Bonchev–Trinajstić information content (AvgIpc) is 2.79. The number of hydrogen-bond acceptors (Lipinski definition) is 4. The van der Waals surface area contributed by atoms with Gasteiger partial charge in [0.25, 0.3) is 0 Å². The maximum absolute atomic E-state index is 13.4. The van der Waals surface area contributed by atoms with Gasteiger partial charge in [0.15, 0.2) is 0 Å². The third kappa shape index (κ3) is 4.97. The highest BCUT2D eigenvalue weighted by atomic mass is 35.5. The molecule has 2 aromatic rings. The molecule has 6 nitrogen and oxygen atoms in total. The number of halogens is 1. The van der Waals surface area contributed by atoms with Gasteiger partial charge in [0.05, 0.1) is 4.90 Å². The Kier molecular flexibility index (Phi) is 7.27. The lowest BCUT2D eigenvalue weighted by Gasteiger charge is -2.39. The molecule has 0 atom stereocenters. The number of nitrogens with zero attached hydrogens (tertiary/aromatic N) is 3. The van der Waals surface area contributed by atoms with Crippen LogP contribution in [0.2, 0.25) is 5.02 Å². The molecule has 184 valence electrons. The summed E-state index contributed by atoms with van der Waals surface area (Å²) >= 11 is 6.19. The largest absolute Gasteiger partial charge is 0.368 e. The van der Waals surface area contributed by atoms with Crippen LogP contribution >= 0.6 is 11.6 Å². The van der Waals surface area contributed by atoms with Crippen molar-refractivity contribution >= 4 is 33.2 Å². The molecule has 2 aromatic carbocycles. The normalized spacial score (nSPS) is 18.4. The summed E-state index contributed by atoms with van der Waals surface area (Å²) in [5.41, 5.74) is 4.92. The Morgan fingerprint density at radius 3 is 2.03 bits per heavy atom. The first-order chi connectivity index (χ1) is 16.1. The van der Waals surface area contributed by atoms with Crippen LogP contribution in [0, 0.1) is 33.6 Å². The van der Waals surface area contributed by atoms with E-state index in [9.17, 15) is 13.2 Å². The van der Waals surface area contributed by atoms with E-state index in [1.807, 2.05) is 56.0 Å². The number of benzene rings is 2. The van der Waals surface area contributed by atoms with E-state index >= 15 is 0 Å². The van der Waals surface area contributed by atoms with Gasteiger partial charge in [0, 0.05) is 55.9 Å². The SMILES string of the molecule is Cc1cc(C)c(S(=O)(=O)N2CCC(C(=O)N3CCN(c4cc(Cl)ccc4C)CC3)CC2)c(C)c1. The second kappa shape index (κ2) is 9.88. The van der Waals surface area contributed by atoms with Gasteiger partial charge in [-0.25, -0.2) is 8.42 Å². The molecule has 0 aromatic heterocycles. The van der Waals surface area contributed by atoms with Crippen LogP contribution in [0.15, 0.2) is 35.2 Å². The van der Waals surface area contributed by atoms with Crippen molar-refractivity contribution in [2.75, 3.05) is 44.2 Å². The highest BCUT2D eigenvalue weighted by Gasteiger charge is 2.35. The molecule has 34 heavy (non-hydrogen) atoms. The minimum absolute atomic E-state index is 0.119. The third-order valence-electron chi connectivity index (χ3n) is 7.11. The summed E-state index contributed by atoms with van der Waals surface area (Å²) in [7, 11) is -3.57. The fraction of sp³-hybridized carbons (Fsp3) is 0.500. The Balaban J connectivity index is 1.36. The van der Waals surface area contributed by atoms with Gasteiger partial charge in [-0.15, -0.1) is 0 Å². The molecule has 0 N–H and O–H groups in total. The molecule has 8 heteroatoms. The number of rotatable bonds is 4. The van der Waals surface area contributed by atoms with Crippen LogP contribution in [0.3, 0.4) is 0 Å². The number of piperazine rings is 1. The number of anilines is 1. The molecule has 1 amide bonds. The van der Waals surface area contributed by atoms with Gasteiger partial charge in [-0.3, -0.25) is 4.79 Å². The Labute approximate surface area is 208 Å². The van der Waals surface area contributed by atoms with E-state index < -0.39 is 10.0 Å². The van der Waals surface area contributed by atoms with E-state index in [0.717, 1.165) is 40.5 Å². The number of piperidine rings is 1. The summed E-state index contributed by atoms with van der Waals surface area (Å²) < 4.78 is 28.3.